The van der Waals surface area contributed by atoms with E-state index >= 15 is 0 Å². The highest BCUT2D eigenvalue weighted by atomic mass is 32.2. The van der Waals surface area contributed by atoms with Crippen LogP contribution in [-0.4, -0.2) is 17.3 Å². The third kappa shape index (κ3) is 3.02. The van der Waals surface area contributed by atoms with Crippen molar-refractivity contribution in [3.8, 4) is 0 Å². The number of ether oxygens (including phenoxy) is 1. The summed E-state index contributed by atoms with van der Waals surface area (Å²) in [5, 5.41) is 0. The molecule has 16 heavy (non-hydrogen) atoms. The first-order valence-electron chi connectivity index (χ1n) is 5.87. The summed E-state index contributed by atoms with van der Waals surface area (Å²) >= 11 is 1.95. The second-order valence-electron chi connectivity index (χ2n) is 5.48. The van der Waals surface area contributed by atoms with Crippen LogP contribution in [0.15, 0.2) is 30.3 Å². The Morgan fingerprint density at radius 2 is 1.94 bits per heavy atom. The summed E-state index contributed by atoms with van der Waals surface area (Å²) < 4.78 is 6.09. The van der Waals surface area contributed by atoms with Crippen LogP contribution in [0.2, 0.25) is 0 Å². The summed E-state index contributed by atoms with van der Waals surface area (Å²) in [7, 11) is 0. The van der Waals surface area contributed by atoms with E-state index < -0.39 is 0 Å². The lowest BCUT2D eigenvalue weighted by Gasteiger charge is -2.25. The zero-order valence-electron chi connectivity index (χ0n) is 10.3. The van der Waals surface area contributed by atoms with Crippen molar-refractivity contribution in [1.82, 2.24) is 0 Å². The highest BCUT2D eigenvalue weighted by Gasteiger charge is 2.34. The van der Waals surface area contributed by atoms with Crippen LogP contribution in [0, 0.1) is 5.41 Å². The van der Waals surface area contributed by atoms with Gasteiger partial charge in [0.05, 0.1) is 6.10 Å². The fraction of sp³-hybridized carbons (Fsp3) is 0.571. The van der Waals surface area contributed by atoms with Gasteiger partial charge in [-0.2, -0.15) is 0 Å². The minimum atomic E-state index is 0.246. The molecule has 1 nitrogen and oxygen atoms in total. The van der Waals surface area contributed by atoms with Crippen molar-refractivity contribution in [3.63, 3.8) is 0 Å². The second kappa shape index (κ2) is 4.80. The van der Waals surface area contributed by atoms with Crippen LogP contribution in [0.4, 0.5) is 0 Å². The van der Waals surface area contributed by atoms with E-state index in [0.29, 0.717) is 11.5 Å². The fourth-order valence-corrected chi connectivity index (χ4v) is 3.21. The Hall–Kier alpha value is -0.470. The first kappa shape index (κ1) is 12.0. The molecule has 0 aromatic heterocycles. The van der Waals surface area contributed by atoms with Crippen molar-refractivity contribution in [3.05, 3.63) is 35.9 Å². The Morgan fingerprint density at radius 3 is 2.50 bits per heavy atom. The average molecular weight is 236 g/mol. The Morgan fingerprint density at radius 1 is 1.25 bits per heavy atom. The predicted octanol–water partition coefficient (Wildman–Crippen LogP) is 3.73. The van der Waals surface area contributed by atoms with Crippen LogP contribution < -0.4 is 0 Å². The van der Waals surface area contributed by atoms with Gasteiger partial charge < -0.3 is 4.74 Å². The van der Waals surface area contributed by atoms with Gasteiger partial charge in [-0.05, 0) is 17.4 Å². The minimum Gasteiger partial charge on any atom is -0.363 e. The quantitative estimate of drug-likeness (QED) is 0.773. The first-order valence-corrected chi connectivity index (χ1v) is 6.91. The summed E-state index contributed by atoms with van der Waals surface area (Å²) in [6, 6.07) is 10.6. The van der Waals surface area contributed by atoms with Crippen molar-refractivity contribution in [2.24, 2.45) is 5.41 Å². The molecule has 2 atom stereocenters. The van der Waals surface area contributed by atoms with Gasteiger partial charge in [0, 0.05) is 5.75 Å². The molecule has 1 aliphatic heterocycles. The lowest BCUT2D eigenvalue weighted by Crippen LogP contribution is -2.25. The highest BCUT2D eigenvalue weighted by molar-refractivity contribution is 8.00. The van der Waals surface area contributed by atoms with Crippen LogP contribution in [0.3, 0.4) is 0 Å². The van der Waals surface area contributed by atoms with E-state index in [-0.39, 0.29) is 5.41 Å². The molecule has 2 rings (SSSR count). The number of rotatable bonds is 2. The van der Waals surface area contributed by atoms with Crippen LogP contribution >= 0.6 is 11.8 Å². The standard InChI is InChI=1S/C14H20OS/c1-14(2,3)13-15-12(10-16-13)9-11-7-5-4-6-8-11/h4-8,12-13H,9-10H2,1-3H3. The van der Waals surface area contributed by atoms with Gasteiger partial charge in [-0.25, -0.2) is 0 Å². The summed E-state index contributed by atoms with van der Waals surface area (Å²) in [4.78, 5) is 0. The molecule has 1 aliphatic rings. The lowest BCUT2D eigenvalue weighted by molar-refractivity contribution is 0.0127. The van der Waals surface area contributed by atoms with E-state index in [1.807, 2.05) is 11.8 Å². The molecule has 0 radical (unpaired) electrons. The molecule has 1 fully saturated rings. The van der Waals surface area contributed by atoms with Crippen molar-refractivity contribution in [2.75, 3.05) is 5.75 Å². The number of thioether (sulfide) groups is 1. The molecule has 0 aliphatic carbocycles. The Labute approximate surface area is 103 Å². The highest BCUT2D eigenvalue weighted by Crippen LogP contribution is 2.38. The van der Waals surface area contributed by atoms with Gasteiger partial charge in [-0.15, -0.1) is 11.8 Å². The van der Waals surface area contributed by atoms with E-state index in [2.05, 4.69) is 51.1 Å². The molecule has 0 saturated carbocycles. The summed E-state index contributed by atoms with van der Waals surface area (Å²) in [6.45, 7) is 6.74. The smallest absolute Gasteiger partial charge is 0.108 e. The van der Waals surface area contributed by atoms with Gasteiger partial charge in [-0.1, -0.05) is 51.1 Å². The van der Waals surface area contributed by atoms with Crippen LogP contribution in [0.5, 0.6) is 0 Å². The summed E-state index contributed by atoms with van der Waals surface area (Å²) in [5.41, 5.74) is 1.97. The molecule has 88 valence electrons. The third-order valence-electron chi connectivity index (χ3n) is 2.76. The molecule has 2 unspecified atom stereocenters. The maximum atomic E-state index is 6.09. The van der Waals surface area contributed by atoms with Crippen molar-refractivity contribution in [2.45, 2.75) is 38.7 Å². The number of benzene rings is 1. The molecule has 1 aromatic rings. The van der Waals surface area contributed by atoms with E-state index in [1.165, 1.54) is 5.56 Å². The molecule has 1 aromatic carbocycles. The van der Waals surface area contributed by atoms with Crippen molar-refractivity contribution < 1.29 is 4.74 Å². The topological polar surface area (TPSA) is 9.23 Å². The third-order valence-corrected chi connectivity index (χ3v) is 4.45. The lowest BCUT2D eigenvalue weighted by atomic mass is 9.98. The molecule has 0 bridgehead atoms. The fourth-order valence-electron chi connectivity index (χ4n) is 1.89. The molecule has 1 heterocycles. The van der Waals surface area contributed by atoms with Crippen LogP contribution in [0.1, 0.15) is 26.3 Å². The van der Waals surface area contributed by atoms with Crippen LogP contribution in [-0.2, 0) is 11.2 Å². The molecule has 0 N–H and O–H groups in total. The Balaban J connectivity index is 1.91. The predicted molar refractivity (Wildman–Crippen MR) is 70.7 cm³/mol. The van der Waals surface area contributed by atoms with Gasteiger partial charge in [0.1, 0.15) is 5.44 Å². The molecule has 0 spiro atoms. The average Bonchev–Trinajstić information content (AvgIpc) is 2.67. The van der Waals surface area contributed by atoms with E-state index in [4.69, 9.17) is 4.74 Å². The zero-order chi connectivity index (χ0) is 11.6. The van der Waals surface area contributed by atoms with E-state index in [0.717, 1.165) is 12.2 Å². The van der Waals surface area contributed by atoms with Gasteiger partial charge >= 0.3 is 0 Å². The number of hydrogen-bond acceptors (Lipinski definition) is 2. The van der Waals surface area contributed by atoms with Gasteiger partial charge in [0.2, 0.25) is 0 Å². The molecule has 0 amide bonds. The van der Waals surface area contributed by atoms with Gasteiger partial charge in [0.15, 0.2) is 0 Å². The minimum absolute atomic E-state index is 0.246. The van der Waals surface area contributed by atoms with E-state index in [1.54, 1.807) is 0 Å². The number of hydrogen-bond donors (Lipinski definition) is 0. The molecular weight excluding hydrogens is 216 g/mol. The Bertz CT molecular complexity index is 328. The zero-order valence-corrected chi connectivity index (χ0v) is 11.1. The summed E-state index contributed by atoms with van der Waals surface area (Å²) in [5.74, 6) is 1.12. The van der Waals surface area contributed by atoms with Crippen molar-refractivity contribution in [1.29, 1.82) is 0 Å². The Kier molecular flexibility index (Phi) is 3.60. The largest absolute Gasteiger partial charge is 0.363 e. The summed E-state index contributed by atoms with van der Waals surface area (Å²) in [6.07, 6.45) is 1.43. The second-order valence-corrected chi connectivity index (χ2v) is 6.57. The molecule has 1 saturated heterocycles. The monoisotopic (exact) mass is 236 g/mol. The van der Waals surface area contributed by atoms with E-state index in [9.17, 15) is 0 Å². The molecular formula is C14H20OS. The molecule has 2 heteroatoms. The normalized spacial score (nSPS) is 25.9. The maximum absolute atomic E-state index is 6.09. The van der Waals surface area contributed by atoms with Crippen molar-refractivity contribution >= 4 is 11.8 Å². The SMILES string of the molecule is CC(C)(C)C1OC(Cc2ccccc2)CS1. The van der Waals surface area contributed by atoms with Gasteiger partial charge in [0.25, 0.3) is 0 Å². The van der Waals surface area contributed by atoms with Gasteiger partial charge in [-0.3, -0.25) is 0 Å². The van der Waals surface area contributed by atoms with Crippen LogP contribution in [0.25, 0.3) is 0 Å². The first-order chi connectivity index (χ1) is 7.55. The maximum Gasteiger partial charge on any atom is 0.108 e.